The van der Waals surface area contributed by atoms with E-state index < -0.39 is 11.5 Å². The molecular weight excluding hydrogens is 502 g/mol. The molecule has 5 atom stereocenters. The minimum absolute atomic E-state index is 0.0752. The lowest BCUT2D eigenvalue weighted by molar-refractivity contribution is -0.151. The Kier molecular flexibility index (Phi) is 7.68. The predicted molar refractivity (Wildman–Crippen MR) is 159 cm³/mol. The minimum atomic E-state index is -0.987. The van der Waals surface area contributed by atoms with Gasteiger partial charge < -0.3 is 14.6 Å². The summed E-state index contributed by atoms with van der Waals surface area (Å²) in [5.74, 6) is 1.34. The summed E-state index contributed by atoms with van der Waals surface area (Å²) in [6, 6.07) is 9.28. The van der Waals surface area contributed by atoms with Crippen LogP contribution in [0.25, 0.3) is 11.0 Å². The molecule has 1 aromatic carbocycles. The van der Waals surface area contributed by atoms with Gasteiger partial charge in [0, 0.05) is 24.7 Å². The monoisotopic (exact) mass is 549 g/mol. The number of piperidine rings is 1. The number of carboxylic acid groups (broad SMARTS) is 1. The zero-order chi connectivity index (χ0) is 28.0. The topological polar surface area (TPSA) is 81.9 Å². The Hall–Kier alpha value is -2.45. The number of aliphatic carboxylic acids is 1. The van der Waals surface area contributed by atoms with Gasteiger partial charge in [-0.15, -0.1) is 0 Å². The smallest absolute Gasteiger partial charge is 0.327 e. The summed E-state index contributed by atoms with van der Waals surface area (Å²) in [6.07, 6.45) is 14.1. The molecule has 8 heteroatoms. The van der Waals surface area contributed by atoms with E-state index in [2.05, 4.69) is 11.8 Å². The number of nitrogens with zero attached hydrogens (tertiary/aromatic N) is 5. The van der Waals surface area contributed by atoms with Crippen LogP contribution in [-0.4, -0.2) is 81.8 Å². The lowest BCUT2D eigenvalue weighted by atomic mass is 9.76. The highest BCUT2D eigenvalue weighted by Crippen LogP contribution is 2.43. The summed E-state index contributed by atoms with van der Waals surface area (Å²) in [4.78, 5) is 37.5. The number of aromatic nitrogens is 2. The quantitative estimate of drug-likeness (QED) is 0.533. The van der Waals surface area contributed by atoms with Crippen molar-refractivity contribution in [3.8, 4) is 0 Å². The summed E-state index contributed by atoms with van der Waals surface area (Å²) in [5, 5.41) is 9.92. The van der Waals surface area contributed by atoms with E-state index in [-0.39, 0.29) is 24.7 Å². The Labute approximate surface area is 238 Å². The molecule has 218 valence electrons. The van der Waals surface area contributed by atoms with E-state index in [9.17, 15) is 14.7 Å². The molecule has 0 radical (unpaired) electrons. The van der Waals surface area contributed by atoms with Crippen LogP contribution in [0, 0.1) is 11.8 Å². The molecule has 2 bridgehead atoms. The van der Waals surface area contributed by atoms with E-state index in [1.165, 1.54) is 51.4 Å². The first-order chi connectivity index (χ1) is 19.3. The van der Waals surface area contributed by atoms with Crippen LogP contribution in [0.2, 0.25) is 0 Å². The van der Waals surface area contributed by atoms with Crippen molar-refractivity contribution in [2.24, 2.45) is 11.8 Å². The van der Waals surface area contributed by atoms with Crippen molar-refractivity contribution in [1.29, 1.82) is 0 Å². The third kappa shape index (κ3) is 4.85. The third-order valence-corrected chi connectivity index (χ3v) is 10.8. The van der Waals surface area contributed by atoms with E-state index in [1.807, 2.05) is 33.7 Å². The second-order valence-corrected chi connectivity index (χ2v) is 13.4. The zero-order valence-electron chi connectivity index (χ0n) is 24.6. The van der Waals surface area contributed by atoms with Gasteiger partial charge in [0.15, 0.2) is 11.4 Å². The van der Waals surface area contributed by atoms with Crippen molar-refractivity contribution in [3.63, 3.8) is 0 Å². The van der Waals surface area contributed by atoms with Gasteiger partial charge in [-0.3, -0.25) is 19.4 Å². The molecule has 6 rings (SSSR count). The molecule has 40 heavy (non-hydrogen) atoms. The summed E-state index contributed by atoms with van der Waals surface area (Å²) in [7, 11) is 3.58. The Bertz CT molecular complexity index is 1270. The molecule has 0 spiro atoms. The molecule has 2 saturated carbocycles. The standard InChI is InChI=1S/C32H47N5O3/c1-4-9-24-19-25(14-15-36(24)26-17-22-10-5-6-11-23(16-22)18-26)37-28-13-8-7-12-27(28)33-29(30(37)38)35-20-32(21-35,31(39)40)34(2)3/h7-8,12-13,22-26H,4-6,9-11,14-21H2,1-3H3,(H,39,40)/t22-,23+,24-,25-,26-/m1/s1. The molecule has 1 N–H and O–H groups in total. The molecule has 4 fully saturated rings. The average molecular weight is 550 g/mol. The fraction of sp³-hybridized carbons (Fsp3) is 0.719. The molecular formula is C32H47N5O3. The maximum absolute atomic E-state index is 14.2. The number of carboxylic acids is 1. The number of likely N-dealkylation sites (tertiary alicyclic amines) is 1. The van der Waals surface area contributed by atoms with E-state index in [0.717, 1.165) is 48.7 Å². The molecule has 0 unspecified atom stereocenters. The maximum atomic E-state index is 14.2. The fourth-order valence-electron chi connectivity index (χ4n) is 8.57. The van der Waals surface area contributed by atoms with Crippen molar-refractivity contribution in [1.82, 2.24) is 19.4 Å². The molecule has 2 aliphatic carbocycles. The Balaban J connectivity index is 1.29. The number of anilines is 1. The Morgan fingerprint density at radius 3 is 2.38 bits per heavy atom. The van der Waals surface area contributed by atoms with Crippen LogP contribution in [0.5, 0.6) is 0 Å². The van der Waals surface area contributed by atoms with Crippen molar-refractivity contribution < 1.29 is 9.90 Å². The summed E-state index contributed by atoms with van der Waals surface area (Å²) < 4.78 is 2.02. The van der Waals surface area contributed by atoms with E-state index >= 15 is 0 Å². The van der Waals surface area contributed by atoms with Gasteiger partial charge in [-0.1, -0.05) is 51.2 Å². The van der Waals surface area contributed by atoms with Crippen molar-refractivity contribution in [2.45, 2.75) is 101 Å². The van der Waals surface area contributed by atoms with Crippen molar-refractivity contribution in [2.75, 3.05) is 38.6 Å². The van der Waals surface area contributed by atoms with Crippen LogP contribution >= 0.6 is 0 Å². The van der Waals surface area contributed by atoms with Crippen LogP contribution in [-0.2, 0) is 4.79 Å². The van der Waals surface area contributed by atoms with Gasteiger partial charge in [0.2, 0.25) is 0 Å². The van der Waals surface area contributed by atoms with Crippen LogP contribution in [0.3, 0.4) is 0 Å². The number of fused-ring (bicyclic) bond motifs is 3. The largest absolute Gasteiger partial charge is 0.480 e. The molecule has 0 amide bonds. The van der Waals surface area contributed by atoms with Gasteiger partial charge in [-0.05, 0) is 76.6 Å². The van der Waals surface area contributed by atoms with Gasteiger partial charge >= 0.3 is 5.97 Å². The van der Waals surface area contributed by atoms with Crippen molar-refractivity contribution in [3.05, 3.63) is 34.6 Å². The summed E-state index contributed by atoms with van der Waals surface area (Å²) in [6.45, 7) is 3.86. The Morgan fingerprint density at radius 2 is 1.73 bits per heavy atom. The molecule has 4 aliphatic rings. The third-order valence-electron chi connectivity index (χ3n) is 10.8. The predicted octanol–water partition coefficient (Wildman–Crippen LogP) is 4.77. The molecule has 8 nitrogen and oxygen atoms in total. The van der Waals surface area contributed by atoms with E-state index in [4.69, 9.17) is 4.98 Å². The molecule has 3 heterocycles. The van der Waals surface area contributed by atoms with Crippen LogP contribution in [0.4, 0.5) is 5.82 Å². The molecule has 2 aliphatic heterocycles. The van der Waals surface area contributed by atoms with E-state index in [1.54, 1.807) is 19.0 Å². The number of carbonyl (C=O) groups is 1. The van der Waals surface area contributed by atoms with Crippen LogP contribution in [0.1, 0.15) is 83.6 Å². The first kappa shape index (κ1) is 27.7. The number of para-hydroxylation sites is 2. The molecule has 1 aromatic heterocycles. The van der Waals surface area contributed by atoms with Gasteiger partial charge in [-0.25, -0.2) is 4.98 Å². The second-order valence-electron chi connectivity index (χ2n) is 13.4. The molecule has 2 saturated heterocycles. The highest BCUT2D eigenvalue weighted by Gasteiger charge is 2.53. The highest BCUT2D eigenvalue weighted by atomic mass is 16.4. The lowest BCUT2D eigenvalue weighted by Gasteiger charge is -2.51. The van der Waals surface area contributed by atoms with Crippen LogP contribution < -0.4 is 10.5 Å². The van der Waals surface area contributed by atoms with Crippen molar-refractivity contribution >= 4 is 22.8 Å². The normalized spacial score (nSPS) is 30.7. The summed E-state index contributed by atoms with van der Waals surface area (Å²) in [5.41, 5.74) is 0.639. The SMILES string of the molecule is CCC[C@@H]1C[C@H](n2c(=O)c(N3CC(C(=O)O)(N(C)C)C3)nc3ccccc32)CCN1[C@@H]1C[C@@H]2CCCC[C@@H](C2)C1. The number of hydrogen-bond donors (Lipinski definition) is 1. The molecule has 2 aromatic rings. The Morgan fingerprint density at radius 1 is 1.02 bits per heavy atom. The lowest BCUT2D eigenvalue weighted by Crippen LogP contribution is -2.73. The fourth-order valence-corrected chi connectivity index (χ4v) is 8.57. The van der Waals surface area contributed by atoms with Gasteiger partial charge in [0.05, 0.1) is 24.1 Å². The van der Waals surface area contributed by atoms with Gasteiger partial charge in [-0.2, -0.15) is 0 Å². The van der Waals surface area contributed by atoms with Crippen LogP contribution in [0.15, 0.2) is 29.1 Å². The average Bonchev–Trinajstić information content (AvgIpc) is 3.07. The van der Waals surface area contributed by atoms with Gasteiger partial charge in [0.25, 0.3) is 5.56 Å². The van der Waals surface area contributed by atoms with E-state index in [0.29, 0.717) is 17.9 Å². The minimum Gasteiger partial charge on any atom is -0.480 e. The number of benzene rings is 1. The zero-order valence-corrected chi connectivity index (χ0v) is 24.6. The number of rotatable bonds is 7. The first-order valence-electron chi connectivity index (χ1n) is 15.7. The highest BCUT2D eigenvalue weighted by molar-refractivity contribution is 5.84. The maximum Gasteiger partial charge on any atom is 0.327 e. The summed E-state index contributed by atoms with van der Waals surface area (Å²) >= 11 is 0. The second kappa shape index (κ2) is 11.1. The van der Waals surface area contributed by atoms with Gasteiger partial charge in [0.1, 0.15) is 0 Å². The number of hydrogen-bond acceptors (Lipinski definition) is 6. The first-order valence-corrected chi connectivity index (χ1v) is 15.7. The number of likely N-dealkylation sites (N-methyl/N-ethyl adjacent to an activating group) is 1.